The molecule has 0 aliphatic heterocycles. The second-order valence-electron chi connectivity index (χ2n) is 3.16. The van der Waals surface area contributed by atoms with Gasteiger partial charge in [-0.25, -0.2) is 8.42 Å². The van der Waals surface area contributed by atoms with Crippen molar-refractivity contribution >= 4 is 9.84 Å². The normalized spacial score (nSPS) is 13.8. The first-order valence-electron chi connectivity index (χ1n) is 4.69. The number of sulfone groups is 1. The van der Waals surface area contributed by atoms with Crippen LogP contribution in [0.1, 0.15) is 18.7 Å². The average Bonchev–Trinajstić information content (AvgIpc) is 2.28. The first-order valence-corrected chi connectivity index (χ1v) is 6.34. The van der Waals surface area contributed by atoms with E-state index in [9.17, 15) is 13.5 Å². The first-order chi connectivity index (χ1) is 7.01. The summed E-state index contributed by atoms with van der Waals surface area (Å²) in [6.07, 6.45) is -0.761. The van der Waals surface area contributed by atoms with Crippen LogP contribution in [0, 0.1) is 0 Å². The van der Waals surface area contributed by atoms with Crippen LogP contribution in [0.15, 0.2) is 29.2 Å². The summed E-state index contributed by atoms with van der Waals surface area (Å²) in [4.78, 5) is 0.289. The van der Waals surface area contributed by atoms with E-state index in [2.05, 4.69) is 5.32 Å². The van der Waals surface area contributed by atoms with Gasteiger partial charge in [-0.05, 0) is 24.7 Å². The Balaban J connectivity index is 3.00. The fraction of sp³-hybridized carbons (Fsp3) is 0.400. The summed E-state index contributed by atoms with van der Waals surface area (Å²) in [5.74, 6) is 0.0843. The Labute approximate surface area is 89.9 Å². The van der Waals surface area contributed by atoms with Crippen LogP contribution in [-0.2, 0) is 9.84 Å². The molecule has 0 spiro atoms. The molecule has 0 aromatic heterocycles. The van der Waals surface area contributed by atoms with Gasteiger partial charge in [0.1, 0.15) is 6.23 Å². The summed E-state index contributed by atoms with van der Waals surface area (Å²) in [5.41, 5.74) is 0.646. The Bertz CT molecular complexity index is 411. The molecular formula is C10H15NO3S. The van der Waals surface area contributed by atoms with E-state index in [1.165, 1.54) is 12.1 Å². The summed E-state index contributed by atoms with van der Waals surface area (Å²) >= 11 is 0. The summed E-state index contributed by atoms with van der Waals surface area (Å²) in [6.45, 7) is 1.60. The molecule has 0 aliphatic rings. The van der Waals surface area contributed by atoms with Gasteiger partial charge in [0, 0.05) is 0 Å². The van der Waals surface area contributed by atoms with E-state index in [4.69, 9.17) is 0 Å². The van der Waals surface area contributed by atoms with Gasteiger partial charge >= 0.3 is 0 Å². The van der Waals surface area contributed by atoms with Crippen LogP contribution in [0.5, 0.6) is 0 Å². The topological polar surface area (TPSA) is 66.4 Å². The summed E-state index contributed by atoms with van der Waals surface area (Å²) in [5, 5.41) is 12.1. The van der Waals surface area contributed by atoms with Crippen molar-refractivity contribution in [1.29, 1.82) is 0 Å². The van der Waals surface area contributed by atoms with Crippen LogP contribution in [0.4, 0.5) is 0 Å². The highest BCUT2D eigenvalue weighted by molar-refractivity contribution is 7.91. The van der Waals surface area contributed by atoms with E-state index in [1.54, 1.807) is 26.1 Å². The van der Waals surface area contributed by atoms with Crippen molar-refractivity contribution in [3.63, 3.8) is 0 Å². The molecule has 0 fully saturated rings. The molecule has 5 heteroatoms. The minimum Gasteiger partial charge on any atom is -0.374 e. The van der Waals surface area contributed by atoms with Gasteiger partial charge in [0.15, 0.2) is 9.84 Å². The molecule has 0 saturated heterocycles. The summed E-state index contributed by atoms with van der Waals surface area (Å²) in [7, 11) is -1.52. The third kappa shape index (κ3) is 2.77. The number of nitrogens with one attached hydrogen (secondary N) is 1. The minimum absolute atomic E-state index is 0.0843. The molecule has 0 saturated carbocycles. The van der Waals surface area contributed by atoms with Gasteiger partial charge in [-0.2, -0.15) is 0 Å². The van der Waals surface area contributed by atoms with Gasteiger partial charge in [-0.3, -0.25) is 5.32 Å². The zero-order valence-corrected chi connectivity index (χ0v) is 9.58. The number of aliphatic hydroxyl groups is 1. The molecule has 84 valence electrons. The fourth-order valence-corrected chi connectivity index (χ4v) is 2.07. The minimum atomic E-state index is -3.15. The number of rotatable bonds is 4. The van der Waals surface area contributed by atoms with E-state index in [1.807, 2.05) is 0 Å². The Morgan fingerprint density at radius 1 is 1.33 bits per heavy atom. The van der Waals surface area contributed by atoms with Crippen molar-refractivity contribution in [2.75, 3.05) is 12.8 Å². The van der Waals surface area contributed by atoms with Crippen molar-refractivity contribution < 1.29 is 13.5 Å². The number of hydrogen-bond acceptors (Lipinski definition) is 4. The van der Waals surface area contributed by atoms with Crippen LogP contribution in [0.25, 0.3) is 0 Å². The largest absolute Gasteiger partial charge is 0.374 e. The average molecular weight is 229 g/mol. The van der Waals surface area contributed by atoms with Crippen LogP contribution in [0.2, 0.25) is 0 Å². The van der Waals surface area contributed by atoms with Crippen LogP contribution < -0.4 is 5.32 Å². The maximum atomic E-state index is 11.5. The van der Waals surface area contributed by atoms with E-state index in [-0.39, 0.29) is 10.6 Å². The smallest absolute Gasteiger partial charge is 0.178 e. The van der Waals surface area contributed by atoms with Crippen molar-refractivity contribution in [2.45, 2.75) is 18.0 Å². The molecule has 15 heavy (non-hydrogen) atoms. The standard InChI is InChI=1S/C10H15NO3S/c1-3-15(13,14)9-6-4-8(5-7-9)10(12)11-2/h4-7,10-12H,3H2,1-2H3. The van der Waals surface area contributed by atoms with E-state index in [0.717, 1.165) is 0 Å². The summed E-state index contributed by atoms with van der Waals surface area (Å²) in [6, 6.07) is 6.22. The van der Waals surface area contributed by atoms with E-state index >= 15 is 0 Å². The molecular weight excluding hydrogens is 214 g/mol. The molecule has 1 atom stereocenters. The molecule has 4 nitrogen and oxygen atoms in total. The Morgan fingerprint density at radius 3 is 2.27 bits per heavy atom. The molecule has 0 amide bonds. The lowest BCUT2D eigenvalue weighted by atomic mass is 10.2. The Morgan fingerprint density at radius 2 is 1.87 bits per heavy atom. The number of hydrogen-bond donors (Lipinski definition) is 2. The van der Waals surface area contributed by atoms with Crippen molar-refractivity contribution in [2.24, 2.45) is 0 Å². The van der Waals surface area contributed by atoms with Gasteiger partial charge in [0.05, 0.1) is 10.6 Å². The Kier molecular flexibility index (Phi) is 3.84. The molecule has 0 aliphatic carbocycles. The van der Waals surface area contributed by atoms with Gasteiger partial charge < -0.3 is 5.11 Å². The van der Waals surface area contributed by atoms with Crippen molar-refractivity contribution in [3.05, 3.63) is 29.8 Å². The maximum absolute atomic E-state index is 11.5. The molecule has 1 aromatic rings. The predicted molar refractivity (Wildman–Crippen MR) is 58.2 cm³/mol. The number of aliphatic hydroxyl groups excluding tert-OH is 1. The van der Waals surface area contributed by atoms with Gasteiger partial charge in [-0.1, -0.05) is 19.1 Å². The van der Waals surface area contributed by atoms with Crippen LogP contribution >= 0.6 is 0 Å². The molecule has 1 rings (SSSR count). The molecule has 2 N–H and O–H groups in total. The highest BCUT2D eigenvalue weighted by Crippen LogP contribution is 2.15. The SMILES string of the molecule is CCS(=O)(=O)c1ccc(C(O)NC)cc1. The molecule has 1 aromatic carbocycles. The monoisotopic (exact) mass is 229 g/mol. The van der Waals surface area contributed by atoms with Gasteiger partial charge in [-0.15, -0.1) is 0 Å². The highest BCUT2D eigenvalue weighted by Gasteiger charge is 2.12. The van der Waals surface area contributed by atoms with Gasteiger partial charge in [0.25, 0.3) is 0 Å². The molecule has 0 heterocycles. The summed E-state index contributed by atoms with van der Waals surface area (Å²) < 4.78 is 22.9. The Hall–Kier alpha value is -0.910. The lowest BCUT2D eigenvalue weighted by Crippen LogP contribution is -2.15. The lowest BCUT2D eigenvalue weighted by Gasteiger charge is -2.09. The van der Waals surface area contributed by atoms with Crippen molar-refractivity contribution in [3.8, 4) is 0 Å². The lowest BCUT2D eigenvalue weighted by molar-refractivity contribution is 0.149. The zero-order chi connectivity index (χ0) is 11.5. The predicted octanol–water partition coefficient (Wildman–Crippen LogP) is 0.691. The first kappa shape index (κ1) is 12.2. The quantitative estimate of drug-likeness (QED) is 0.745. The third-order valence-electron chi connectivity index (χ3n) is 2.21. The van der Waals surface area contributed by atoms with E-state index in [0.29, 0.717) is 5.56 Å². The highest BCUT2D eigenvalue weighted by atomic mass is 32.2. The second kappa shape index (κ2) is 4.74. The van der Waals surface area contributed by atoms with Crippen LogP contribution in [0.3, 0.4) is 0 Å². The zero-order valence-electron chi connectivity index (χ0n) is 8.77. The maximum Gasteiger partial charge on any atom is 0.178 e. The second-order valence-corrected chi connectivity index (χ2v) is 5.44. The molecule has 0 radical (unpaired) electrons. The van der Waals surface area contributed by atoms with Crippen LogP contribution in [-0.4, -0.2) is 26.3 Å². The van der Waals surface area contributed by atoms with E-state index < -0.39 is 16.1 Å². The van der Waals surface area contributed by atoms with Gasteiger partial charge in [0.2, 0.25) is 0 Å². The number of benzene rings is 1. The van der Waals surface area contributed by atoms with Crippen molar-refractivity contribution in [1.82, 2.24) is 5.32 Å². The molecule has 1 unspecified atom stereocenters. The molecule has 0 bridgehead atoms. The fourth-order valence-electron chi connectivity index (χ4n) is 1.19. The third-order valence-corrected chi connectivity index (χ3v) is 3.96.